The minimum absolute atomic E-state index is 0.0153. The number of amides is 1. The molecule has 2 aromatic heterocycles. The largest absolute Gasteiger partial charge is 0.364 e. The third kappa shape index (κ3) is 2.27. The molecule has 2 N–H and O–H groups in total. The van der Waals surface area contributed by atoms with Crippen LogP contribution in [0.15, 0.2) is 24.7 Å². The molecule has 0 aliphatic rings. The Morgan fingerprint density at radius 2 is 2.24 bits per heavy atom. The van der Waals surface area contributed by atoms with Crippen LogP contribution in [0.2, 0.25) is 0 Å². The lowest BCUT2D eigenvalue weighted by atomic mass is 10.3. The molecular formula is C10H10FN5O. The monoisotopic (exact) mass is 235 g/mol. The Morgan fingerprint density at radius 3 is 2.82 bits per heavy atom. The minimum Gasteiger partial charge on any atom is -0.364 e. The lowest BCUT2D eigenvalue weighted by Crippen LogP contribution is -2.18. The van der Waals surface area contributed by atoms with E-state index in [-0.39, 0.29) is 12.2 Å². The highest BCUT2D eigenvalue weighted by molar-refractivity contribution is 5.92. The molecule has 0 aliphatic carbocycles. The molecule has 2 heterocycles. The molecule has 88 valence electrons. The van der Waals surface area contributed by atoms with Crippen LogP contribution in [-0.4, -0.2) is 32.3 Å². The van der Waals surface area contributed by atoms with Gasteiger partial charge in [0.15, 0.2) is 0 Å². The highest BCUT2D eigenvalue weighted by Crippen LogP contribution is 2.15. The van der Waals surface area contributed by atoms with Crippen molar-refractivity contribution in [3.63, 3.8) is 0 Å². The molecule has 2 aromatic rings. The van der Waals surface area contributed by atoms with Crippen LogP contribution in [0.1, 0.15) is 10.5 Å². The maximum absolute atomic E-state index is 12.3. The van der Waals surface area contributed by atoms with Crippen LogP contribution in [0.3, 0.4) is 0 Å². The zero-order valence-corrected chi connectivity index (χ0v) is 8.88. The Balaban J connectivity index is 2.44. The summed E-state index contributed by atoms with van der Waals surface area (Å²) in [5, 5.41) is 4.06. The quantitative estimate of drug-likeness (QED) is 0.831. The number of alkyl halides is 1. The summed E-state index contributed by atoms with van der Waals surface area (Å²) in [7, 11) is 0. The van der Waals surface area contributed by atoms with Crippen molar-refractivity contribution in [3.05, 3.63) is 30.4 Å². The van der Waals surface area contributed by atoms with Gasteiger partial charge in [0, 0.05) is 12.4 Å². The molecule has 0 saturated carbocycles. The van der Waals surface area contributed by atoms with Crippen molar-refractivity contribution < 1.29 is 9.18 Å². The van der Waals surface area contributed by atoms with Gasteiger partial charge in [0.05, 0.1) is 12.7 Å². The Bertz CT molecular complexity index is 525. The second-order valence-corrected chi connectivity index (χ2v) is 3.28. The number of nitrogens with zero attached hydrogens (tertiary/aromatic N) is 4. The van der Waals surface area contributed by atoms with Gasteiger partial charge in [-0.1, -0.05) is 0 Å². The summed E-state index contributed by atoms with van der Waals surface area (Å²) in [6, 6.07) is 1.47. The topological polar surface area (TPSA) is 86.7 Å². The van der Waals surface area contributed by atoms with E-state index in [0.717, 1.165) is 0 Å². The van der Waals surface area contributed by atoms with Gasteiger partial charge in [0.2, 0.25) is 0 Å². The van der Waals surface area contributed by atoms with Crippen molar-refractivity contribution in [1.29, 1.82) is 0 Å². The Hall–Kier alpha value is -2.31. The van der Waals surface area contributed by atoms with Gasteiger partial charge < -0.3 is 5.73 Å². The molecular weight excluding hydrogens is 225 g/mol. The molecule has 0 bridgehead atoms. The molecule has 7 heteroatoms. The fourth-order valence-corrected chi connectivity index (χ4v) is 1.42. The van der Waals surface area contributed by atoms with E-state index in [4.69, 9.17) is 5.73 Å². The van der Waals surface area contributed by atoms with Crippen molar-refractivity contribution >= 4 is 5.91 Å². The van der Waals surface area contributed by atoms with Gasteiger partial charge in [-0.05, 0) is 6.07 Å². The standard InChI is InChI=1S/C10H10FN5O/c11-1-4-16-9(10(12)17)5-7(15-16)8-6-13-2-3-14-8/h2-3,5-6H,1,4H2,(H2,12,17). The van der Waals surface area contributed by atoms with Gasteiger partial charge in [0.1, 0.15) is 23.8 Å². The van der Waals surface area contributed by atoms with E-state index in [1.807, 2.05) is 0 Å². The highest BCUT2D eigenvalue weighted by atomic mass is 19.1. The molecule has 0 saturated heterocycles. The van der Waals surface area contributed by atoms with Crippen LogP contribution < -0.4 is 5.73 Å². The van der Waals surface area contributed by atoms with E-state index in [1.165, 1.54) is 29.3 Å². The molecule has 17 heavy (non-hydrogen) atoms. The molecule has 1 amide bonds. The average molecular weight is 235 g/mol. The summed E-state index contributed by atoms with van der Waals surface area (Å²) < 4.78 is 13.5. The Morgan fingerprint density at radius 1 is 1.41 bits per heavy atom. The van der Waals surface area contributed by atoms with Gasteiger partial charge in [-0.25, -0.2) is 4.39 Å². The van der Waals surface area contributed by atoms with Crippen LogP contribution in [0, 0.1) is 0 Å². The van der Waals surface area contributed by atoms with Gasteiger partial charge >= 0.3 is 0 Å². The normalized spacial score (nSPS) is 10.4. The first-order valence-electron chi connectivity index (χ1n) is 4.92. The van der Waals surface area contributed by atoms with Crippen molar-refractivity contribution in [2.24, 2.45) is 5.73 Å². The van der Waals surface area contributed by atoms with Gasteiger partial charge in [0.25, 0.3) is 5.91 Å². The molecule has 0 atom stereocenters. The van der Waals surface area contributed by atoms with Crippen LogP contribution >= 0.6 is 0 Å². The van der Waals surface area contributed by atoms with E-state index in [1.54, 1.807) is 0 Å². The number of primary amides is 1. The minimum atomic E-state index is -0.652. The number of carbonyl (C=O) groups excluding carboxylic acids is 1. The maximum atomic E-state index is 12.3. The van der Waals surface area contributed by atoms with Crippen LogP contribution in [-0.2, 0) is 6.54 Å². The maximum Gasteiger partial charge on any atom is 0.266 e. The fourth-order valence-electron chi connectivity index (χ4n) is 1.42. The molecule has 6 nitrogen and oxygen atoms in total. The average Bonchev–Trinajstić information content (AvgIpc) is 2.75. The third-order valence-corrected chi connectivity index (χ3v) is 2.15. The van der Waals surface area contributed by atoms with Crippen molar-refractivity contribution in [2.45, 2.75) is 6.54 Å². The number of carbonyl (C=O) groups is 1. The third-order valence-electron chi connectivity index (χ3n) is 2.15. The van der Waals surface area contributed by atoms with Crippen molar-refractivity contribution in [3.8, 4) is 11.4 Å². The summed E-state index contributed by atoms with van der Waals surface area (Å²) in [6.07, 6.45) is 4.54. The SMILES string of the molecule is NC(=O)c1cc(-c2cnccn2)nn1CCF. The van der Waals surface area contributed by atoms with Crippen molar-refractivity contribution in [2.75, 3.05) is 6.67 Å². The van der Waals surface area contributed by atoms with E-state index in [9.17, 15) is 9.18 Å². The lowest BCUT2D eigenvalue weighted by molar-refractivity contribution is 0.0989. The second kappa shape index (κ2) is 4.69. The molecule has 0 radical (unpaired) electrons. The first-order valence-corrected chi connectivity index (χ1v) is 4.92. The summed E-state index contributed by atoms with van der Waals surface area (Å²) in [5.41, 5.74) is 6.29. The fraction of sp³-hybridized carbons (Fsp3) is 0.200. The van der Waals surface area contributed by atoms with Crippen LogP contribution in [0.4, 0.5) is 4.39 Å². The van der Waals surface area contributed by atoms with E-state index in [2.05, 4.69) is 15.1 Å². The molecule has 2 rings (SSSR count). The number of hydrogen-bond acceptors (Lipinski definition) is 4. The molecule has 0 fully saturated rings. The number of aryl methyl sites for hydroxylation is 1. The second-order valence-electron chi connectivity index (χ2n) is 3.28. The number of rotatable bonds is 4. The summed E-state index contributed by atoms with van der Waals surface area (Å²) in [6.45, 7) is -0.638. The smallest absolute Gasteiger partial charge is 0.266 e. The zero-order valence-electron chi connectivity index (χ0n) is 8.88. The predicted molar refractivity (Wildman–Crippen MR) is 57.7 cm³/mol. The summed E-state index contributed by atoms with van der Waals surface area (Å²) in [4.78, 5) is 19.1. The predicted octanol–water partition coefficient (Wildman–Crippen LogP) is 0.408. The zero-order chi connectivity index (χ0) is 12.3. The number of aromatic nitrogens is 4. The summed E-state index contributed by atoms with van der Waals surface area (Å²) in [5.74, 6) is -0.652. The van der Waals surface area contributed by atoms with E-state index < -0.39 is 12.6 Å². The Kier molecular flexibility index (Phi) is 3.08. The first-order chi connectivity index (χ1) is 8.22. The molecule has 0 unspecified atom stereocenters. The molecule has 0 aliphatic heterocycles. The first kappa shape index (κ1) is 11.2. The van der Waals surface area contributed by atoms with Crippen molar-refractivity contribution in [1.82, 2.24) is 19.7 Å². The molecule has 0 aromatic carbocycles. The van der Waals surface area contributed by atoms with Crippen LogP contribution in [0.5, 0.6) is 0 Å². The highest BCUT2D eigenvalue weighted by Gasteiger charge is 2.14. The van der Waals surface area contributed by atoms with Crippen LogP contribution in [0.25, 0.3) is 11.4 Å². The van der Waals surface area contributed by atoms with Gasteiger partial charge in [-0.15, -0.1) is 0 Å². The Labute approximate surface area is 96.3 Å². The van der Waals surface area contributed by atoms with Gasteiger partial charge in [-0.2, -0.15) is 5.10 Å². The number of halogens is 1. The van der Waals surface area contributed by atoms with E-state index in [0.29, 0.717) is 11.4 Å². The van der Waals surface area contributed by atoms with E-state index >= 15 is 0 Å². The summed E-state index contributed by atoms with van der Waals surface area (Å²) >= 11 is 0. The van der Waals surface area contributed by atoms with Gasteiger partial charge in [-0.3, -0.25) is 19.4 Å². The number of hydrogen-bond donors (Lipinski definition) is 1. The molecule has 0 spiro atoms. The lowest BCUT2D eigenvalue weighted by Gasteiger charge is -1.99. The number of nitrogens with two attached hydrogens (primary N) is 1.